The van der Waals surface area contributed by atoms with E-state index in [0.717, 1.165) is 11.0 Å². The molecule has 2 atom stereocenters. The Morgan fingerprint density at radius 1 is 1.00 bits per heavy atom. The molecule has 1 saturated heterocycles. The number of hydrogen-bond acceptors (Lipinski definition) is 2. The molecule has 3 nitrogen and oxygen atoms in total. The van der Waals surface area contributed by atoms with Crippen LogP contribution >= 0.6 is 15.9 Å². The Hall–Kier alpha value is -2.30. The number of alkyl halides is 6. The lowest BCUT2D eigenvalue weighted by Gasteiger charge is -2.22. The first-order chi connectivity index (χ1) is 13.8. The van der Waals surface area contributed by atoms with Crippen LogP contribution in [-0.2, 0) is 23.6 Å². The first kappa shape index (κ1) is 22.4. The number of carbonyl (C=O) groups is 1. The minimum atomic E-state index is -5.02. The lowest BCUT2D eigenvalue weighted by atomic mass is 9.97. The normalized spacial score (nSPS) is 19.9. The van der Waals surface area contributed by atoms with Crippen molar-refractivity contribution in [1.82, 2.24) is 4.90 Å². The third kappa shape index (κ3) is 4.55. The van der Waals surface area contributed by atoms with E-state index in [1.165, 1.54) is 19.1 Å². The van der Waals surface area contributed by atoms with E-state index in [9.17, 15) is 35.5 Å². The largest absolute Gasteiger partial charge is 0.439 e. The van der Waals surface area contributed by atoms with Crippen LogP contribution in [0, 0.1) is 5.82 Å². The molecule has 0 aromatic heterocycles. The molecule has 162 valence electrons. The monoisotopic (exact) mass is 499 g/mol. The minimum Gasteiger partial charge on any atom is -0.439 e. The number of hydrogen-bond donors (Lipinski definition) is 0. The van der Waals surface area contributed by atoms with Crippen molar-refractivity contribution in [3.63, 3.8) is 0 Å². The van der Waals surface area contributed by atoms with Crippen LogP contribution in [0.4, 0.5) is 35.5 Å². The van der Waals surface area contributed by atoms with Gasteiger partial charge in [0, 0.05) is 4.47 Å². The summed E-state index contributed by atoms with van der Waals surface area (Å²) in [6.45, 7) is 1.27. The van der Waals surface area contributed by atoms with Gasteiger partial charge in [0.05, 0.1) is 23.7 Å². The Morgan fingerprint density at radius 2 is 1.57 bits per heavy atom. The second kappa shape index (κ2) is 7.75. The van der Waals surface area contributed by atoms with Gasteiger partial charge in [0.15, 0.2) is 0 Å². The molecule has 0 saturated carbocycles. The topological polar surface area (TPSA) is 29.5 Å². The van der Waals surface area contributed by atoms with E-state index in [2.05, 4.69) is 15.9 Å². The average Bonchev–Trinajstić information content (AvgIpc) is 2.91. The second-order valence-corrected chi connectivity index (χ2v) is 7.60. The number of benzene rings is 2. The summed E-state index contributed by atoms with van der Waals surface area (Å²) in [6, 6.07) is 3.92. The van der Waals surface area contributed by atoms with Crippen molar-refractivity contribution in [3.05, 3.63) is 68.9 Å². The molecule has 1 aliphatic rings. The van der Waals surface area contributed by atoms with E-state index in [4.69, 9.17) is 4.74 Å². The van der Waals surface area contributed by atoms with Gasteiger partial charge in [-0.3, -0.25) is 4.90 Å². The molecule has 30 heavy (non-hydrogen) atoms. The van der Waals surface area contributed by atoms with E-state index in [1.54, 1.807) is 0 Å². The van der Waals surface area contributed by atoms with Crippen LogP contribution in [-0.4, -0.2) is 17.0 Å². The van der Waals surface area contributed by atoms with Gasteiger partial charge in [-0.15, -0.1) is 0 Å². The molecule has 3 rings (SSSR count). The molecule has 0 spiro atoms. The lowest BCUT2D eigenvalue weighted by molar-refractivity contribution is -0.143. The molecule has 0 aliphatic carbocycles. The molecule has 2 aromatic rings. The number of carbonyl (C=O) groups excluding carboxylic acids is 1. The van der Waals surface area contributed by atoms with Gasteiger partial charge in [0.25, 0.3) is 0 Å². The Balaban J connectivity index is 1.97. The summed E-state index contributed by atoms with van der Waals surface area (Å²) in [4.78, 5) is 13.4. The van der Waals surface area contributed by atoms with E-state index in [0.29, 0.717) is 22.2 Å². The fraction of sp³-hybridized carbons (Fsp3) is 0.316. The maximum atomic E-state index is 13.5. The third-order valence-electron chi connectivity index (χ3n) is 4.68. The summed E-state index contributed by atoms with van der Waals surface area (Å²) < 4.78 is 97.8. The fourth-order valence-electron chi connectivity index (χ4n) is 3.15. The van der Waals surface area contributed by atoms with Gasteiger partial charge in [-0.05, 0) is 54.4 Å². The smallest absolute Gasteiger partial charge is 0.416 e. The summed E-state index contributed by atoms with van der Waals surface area (Å²) in [7, 11) is 0. The molecule has 0 N–H and O–H groups in total. The van der Waals surface area contributed by atoms with Crippen LogP contribution in [0.2, 0.25) is 0 Å². The zero-order valence-corrected chi connectivity index (χ0v) is 16.7. The van der Waals surface area contributed by atoms with E-state index < -0.39 is 53.1 Å². The van der Waals surface area contributed by atoms with Crippen LogP contribution < -0.4 is 0 Å². The van der Waals surface area contributed by atoms with E-state index >= 15 is 0 Å². The van der Waals surface area contributed by atoms with Crippen molar-refractivity contribution in [3.8, 4) is 0 Å². The van der Waals surface area contributed by atoms with Gasteiger partial charge < -0.3 is 4.74 Å². The van der Waals surface area contributed by atoms with Crippen LogP contribution in [0.1, 0.15) is 35.3 Å². The molecule has 1 fully saturated rings. The summed E-state index contributed by atoms with van der Waals surface area (Å²) in [5, 5.41) is 0. The molecular weight excluding hydrogens is 487 g/mol. The highest BCUT2D eigenvalue weighted by Gasteiger charge is 2.43. The second-order valence-electron chi connectivity index (χ2n) is 6.75. The molecule has 1 unspecified atom stereocenters. The standard InChI is InChI=1S/C19H13BrF7NO2/c1-9-16(10-4-12(18(22,23)24)7-13(5-10)19(25,26)27)30-17(29)28(9)8-11-6-14(21)2-3-15(11)20/h2-7,9,16H,8H2,1H3/t9-,16?/m0/s1. The fourth-order valence-corrected chi connectivity index (χ4v) is 3.52. The van der Waals surface area contributed by atoms with Crippen molar-refractivity contribution in [2.24, 2.45) is 0 Å². The van der Waals surface area contributed by atoms with E-state index in [-0.39, 0.29) is 12.6 Å². The van der Waals surface area contributed by atoms with Crippen molar-refractivity contribution in [2.75, 3.05) is 0 Å². The SMILES string of the molecule is C[C@H]1C(c2cc(C(F)(F)F)cc(C(F)(F)F)c2)OC(=O)N1Cc1cc(F)ccc1Br. The van der Waals surface area contributed by atoms with Crippen LogP contribution in [0.15, 0.2) is 40.9 Å². The highest BCUT2D eigenvalue weighted by molar-refractivity contribution is 9.10. The number of rotatable bonds is 3. The van der Waals surface area contributed by atoms with Crippen LogP contribution in [0.5, 0.6) is 0 Å². The highest BCUT2D eigenvalue weighted by Crippen LogP contribution is 2.41. The van der Waals surface area contributed by atoms with Gasteiger partial charge in [-0.1, -0.05) is 15.9 Å². The maximum absolute atomic E-state index is 13.5. The van der Waals surface area contributed by atoms with Crippen molar-refractivity contribution < 1.29 is 40.3 Å². The molecule has 1 heterocycles. The molecule has 11 heteroatoms. The Bertz CT molecular complexity index is 942. The van der Waals surface area contributed by atoms with E-state index in [1.807, 2.05) is 0 Å². The van der Waals surface area contributed by atoms with Gasteiger partial charge in [-0.25, -0.2) is 9.18 Å². The third-order valence-corrected chi connectivity index (χ3v) is 5.45. The molecular formula is C19H13BrF7NO2. The molecule has 0 radical (unpaired) electrons. The molecule has 1 amide bonds. The quantitative estimate of drug-likeness (QED) is 0.439. The van der Waals surface area contributed by atoms with Crippen molar-refractivity contribution in [2.45, 2.75) is 38.0 Å². The zero-order valence-electron chi connectivity index (χ0n) is 15.1. The van der Waals surface area contributed by atoms with Gasteiger partial charge in [0.1, 0.15) is 11.9 Å². The molecule has 0 bridgehead atoms. The summed E-state index contributed by atoms with van der Waals surface area (Å²) in [6.07, 6.45) is -12.3. The average molecular weight is 500 g/mol. The summed E-state index contributed by atoms with van der Waals surface area (Å²) in [5.41, 5.74) is -3.07. The predicted octanol–water partition coefficient (Wildman–Crippen LogP) is 6.71. The Labute approximate surface area is 174 Å². The number of amides is 1. The number of ether oxygens (including phenoxy) is 1. The minimum absolute atomic E-state index is 0.00651. The van der Waals surface area contributed by atoms with Crippen LogP contribution in [0.3, 0.4) is 0 Å². The van der Waals surface area contributed by atoms with Crippen molar-refractivity contribution in [1.29, 1.82) is 0 Å². The summed E-state index contributed by atoms with van der Waals surface area (Å²) >= 11 is 3.20. The predicted molar refractivity (Wildman–Crippen MR) is 94.8 cm³/mol. The summed E-state index contributed by atoms with van der Waals surface area (Å²) in [5.74, 6) is -0.572. The van der Waals surface area contributed by atoms with Gasteiger partial charge in [0.2, 0.25) is 0 Å². The maximum Gasteiger partial charge on any atom is 0.416 e. The lowest BCUT2D eigenvalue weighted by Crippen LogP contribution is -2.31. The Kier molecular flexibility index (Phi) is 5.78. The Morgan fingerprint density at radius 3 is 2.10 bits per heavy atom. The number of nitrogens with zero attached hydrogens (tertiary/aromatic N) is 1. The highest BCUT2D eigenvalue weighted by atomic mass is 79.9. The number of halogens is 8. The first-order valence-corrected chi connectivity index (χ1v) is 9.27. The zero-order chi connectivity index (χ0) is 22.4. The first-order valence-electron chi connectivity index (χ1n) is 8.48. The molecule has 1 aliphatic heterocycles. The number of cyclic esters (lactones) is 1. The van der Waals surface area contributed by atoms with Crippen LogP contribution in [0.25, 0.3) is 0 Å². The van der Waals surface area contributed by atoms with Gasteiger partial charge in [-0.2, -0.15) is 26.3 Å². The van der Waals surface area contributed by atoms with Gasteiger partial charge >= 0.3 is 18.4 Å². The van der Waals surface area contributed by atoms with Crippen molar-refractivity contribution >= 4 is 22.0 Å². The molecule has 2 aromatic carbocycles.